The quantitative estimate of drug-likeness (QED) is 0.899. The van der Waals surface area contributed by atoms with Crippen molar-refractivity contribution < 1.29 is 19.1 Å². The average molecular weight is 294 g/mol. The van der Waals surface area contributed by atoms with Gasteiger partial charge >= 0.3 is 12.0 Å². The Balaban J connectivity index is 2.16. The molecule has 0 radical (unpaired) electrons. The van der Waals surface area contributed by atoms with Gasteiger partial charge in [0.05, 0.1) is 11.3 Å². The first-order valence-corrected chi connectivity index (χ1v) is 7.00. The number of carbonyl (C=O) groups excluding carboxylic acids is 1. The molecule has 2 rings (SSSR count). The number of hydrogen-bond donors (Lipinski definition) is 2. The number of urea groups is 1. The van der Waals surface area contributed by atoms with E-state index in [0.717, 1.165) is 25.0 Å². The third-order valence-corrected chi connectivity index (χ3v) is 3.78. The van der Waals surface area contributed by atoms with Crippen LogP contribution >= 0.6 is 0 Å². The Morgan fingerprint density at radius 2 is 2.14 bits per heavy atom. The normalized spacial score (nSPS) is 18.1. The van der Waals surface area contributed by atoms with Crippen molar-refractivity contribution in [2.75, 3.05) is 11.9 Å². The first kappa shape index (κ1) is 15.3. The molecule has 1 saturated heterocycles. The molecule has 114 valence electrons. The Morgan fingerprint density at radius 3 is 2.76 bits per heavy atom. The molecule has 1 unspecified atom stereocenters. The Hall–Kier alpha value is -2.11. The van der Waals surface area contributed by atoms with Gasteiger partial charge in [0, 0.05) is 12.6 Å². The highest BCUT2D eigenvalue weighted by Crippen LogP contribution is 2.25. The Bertz CT molecular complexity index is 560. The molecule has 0 bridgehead atoms. The zero-order valence-electron chi connectivity index (χ0n) is 12.1. The number of aromatic carboxylic acids is 1. The molecule has 0 spiro atoms. The molecule has 1 fully saturated rings. The fourth-order valence-electron chi connectivity index (χ4n) is 2.68. The van der Waals surface area contributed by atoms with E-state index in [1.165, 1.54) is 6.07 Å². The van der Waals surface area contributed by atoms with Crippen LogP contribution in [0.5, 0.6) is 0 Å². The number of carboxylic acid groups (broad SMARTS) is 1. The maximum atomic E-state index is 13.7. The number of carbonyl (C=O) groups is 2. The molecule has 0 saturated carbocycles. The van der Waals surface area contributed by atoms with E-state index >= 15 is 0 Å². The van der Waals surface area contributed by atoms with Crippen molar-refractivity contribution in [3.8, 4) is 0 Å². The highest BCUT2D eigenvalue weighted by Gasteiger charge is 2.31. The lowest BCUT2D eigenvalue weighted by atomic mass is 10.0. The lowest BCUT2D eigenvalue weighted by Crippen LogP contribution is -2.41. The number of nitrogens with one attached hydrogen (secondary N) is 1. The topological polar surface area (TPSA) is 69.6 Å². The number of hydrogen-bond acceptors (Lipinski definition) is 2. The number of carboxylic acids is 1. The highest BCUT2D eigenvalue weighted by atomic mass is 19.1. The van der Waals surface area contributed by atoms with Gasteiger partial charge < -0.3 is 15.3 Å². The summed E-state index contributed by atoms with van der Waals surface area (Å²) in [7, 11) is 0. The minimum atomic E-state index is -1.16. The van der Waals surface area contributed by atoms with Gasteiger partial charge in [-0.25, -0.2) is 14.0 Å². The number of halogens is 1. The van der Waals surface area contributed by atoms with Crippen LogP contribution in [-0.2, 0) is 0 Å². The summed E-state index contributed by atoms with van der Waals surface area (Å²) in [6.45, 7) is 4.72. The van der Waals surface area contributed by atoms with Gasteiger partial charge in [-0.15, -0.1) is 0 Å². The summed E-state index contributed by atoms with van der Waals surface area (Å²) in [5, 5.41) is 11.4. The van der Waals surface area contributed by atoms with Crippen molar-refractivity contribution in [1.82, 2.24) is 4.90 Å². The van der Waals surface area contributed by atoms with Crippen LogP contribution in [0.2, 0.25) is 0 Å². The van der Waals surface area contributed by atoms with Crippen LogP contribution in [0.3, 0.4) is 0 Å². The summed E-state index contributed by atoms with van der Waals surface area (Å²) in [5.74, 6) is -1.48. The molecule has 1 aromatic carbocycles. The van der Waals surface area contributed by atoms with Crippen molar-refractivity contribution in [1.29, 1.82) is 0 Å². The van der Waals surface area contributed by atoms with Gasteiger partial charge in [-0.05, 0) is 37.0 Å². The molecule has 1 aromatic rings. The van der Waals surface area contributed by atoms with Crippen LogP contribution in [0, 0.1) is 11.7 Å². The minimum absolute atomic E-state index is 0.0615. The summed E-state index contributed by atoms with van der Waals surface area (Å²) in [5.41, 5.74) is -0.164. The summed E-state index contributed by atoms with van der Waals surface area (Å²) in [4.78, 5) is 24.9. The Morgan fingerprint density at radius 1 is 1.43 bits per heavy atom. The monoisotopic (exact) mass is 294 g/mol. The maximum Gasteiger partial charge on any atom is 0.335 e. The molecule has 1 atom stereocenters. The largest absolute Gasteiger partial charge is 0.478 e. The van der Waals surface area contributed by atoms with Crippen molar-refractivity contribution in [2.24, 2.45) is 5.92 Å². The number of amides is 2. The lowest BCUT2D eigenvalue weighted by molar-refractivity contribution is 0.0697. The number of rotatable bonds is 3. The number of benzene rings is 1. The first-order chi connectivity index (χ1) is 9.90. The van der Waals surface area contributed by atoms with Crippen molar-refractivity contribution >= 4 is 17.7 Å². The van der Waals surface area contributed by atoms with E-state index < -0.39 is 11.8 Å². The molecule has 6 heteroatoms. The van der Waals surface area contributed by atoms with Crippen LogP contribution in [0.1, 0.15) is 37.0 Å². The average Bonchev–Trinajstić information content (AvgIpc) is 2.90. The lowest BCUT2D eigenvalue weighted by Gasteiger charge is -2.27. The first-order valence-electron chi connectivity index (χ1n) is 7.00. The van der Waals surface area contributed by atoms with Crippen LogP contribution in [-0.4, -0.2) is 34.6 Å². The summed E-state index contributed by atoms with van der Waals surface area (Å²) in [6.07, 6.45) is 1.86. The molecule has 1 aliphatic rings. The third kappa shape index (κ3) is 3.32. The van der Waals surface area contributed by atoms with Crippen LogP contribution in [0.15, 0.2) is 18.2 Å². The van der Waals surface area contributed by atoms with Crippen molar-refractivity contribution in [2.45, 2.75) is 32.7 Å². The van der Waals surface area contributed by atoms with E-state index in [2.05, 4.69) is 5.32 Å². The van der Waals surface area contributed by atoms with Gasteiger partial charge in [0.25, 0.3) is 0 Å². The van der Waals surface area contributed by atoms with Crippen molar-refractivity contribution in [3.05, 3.63) is 29.6 Å². The van der Waals surface area contributed by atoms with Gasteiger partial charge in [0.15, 0.2) is 0 Å². The Kier molecular flexibility index (Phi) is 4.45. The third-order valence-electron chi connectivity index (χ3n) is 3.78. The molecular weight excluding hydrogens is 275 g/mol. The number of likely N-dealkylation sites (tertiary alicyclic amines) is 1. The molecule has 21 heavy (non-hydrogen) atoms. The van der Waals surface area contributed by atoms with E-state index in [9.17, 15) is 14.0 Å². The smallest absolute Gasteiger partial charge is 0.335 e. The second-order valence-electron chi connectivity index (χ2n) is 5.58. The molecule has 0 aliphatic carbocycles. The second kappa shape index (κ2) is 6.11. The van der Waals surface area contributed by atoms with Crippen LogP contribution in [0.4, 0.5) is 14.9 Å². The molecule has 2 amide bonds. The van der Waals surface area contributed by atoms with Crippen LogP contribution in [0.25, 0.3) is 0 Å². The second-order valence-corrected chi connectivity index (χ2v) is 5.58. The molecule has 2 N–H and O–H groups in total. The summed E-state index contributed by atoms with van der Waals surface area (Å²) >= 11 is 0. The molecule has 5 nitrogen and oxygen atoms in total. The van der Waals surface area contributed by atoms with Gasteiger partial charge in [0.2, 0.25) is 0 Å². The maximum absolute atomic E-state index is 13.7. The fraction of sp³-hybridized carbons (Fsp3) is 0.467. The molecular formula is C15H19FN2O3. The van der Waals surface area contributed by atoms with E-state index in [-0.39, 0.29) is 23.3 Å². The fourth-order valence-corrected chi connectivity index (χ4v) is 2.68. The van der Waals surface area contributed by atoms with E-state index in [4.69, 9.17) is 5.11 Å². The van der Waals surface area contributed by atoms with E-state index in [1.54, 1.807) is 4.90 Å². The molecule has 0 aromatic heterocycles. The SMILES string of the molecule is CC(C)C1CCCN1C(=O)Nc1cc(C(=O)O)ccc1F. The Labute approximate surface area is 122 Å². The van der Waals surface area contributed by atoms with Crippen LogP contribution < -0.4 is 5.32 Å². The van der Waals surface area contributed by atoms with E-state index in [1.807, 2.05) is 13.8 Å². The van der Waals surface area contributed by atoms with Crippen molar-refractivity contribution in [3.63, 3.8) is 0 Å². The summed E-state index contributed by atoms with van der Waals surface area (Å²) < 4.78 is 13.7. The standard InChI is InChI=1S/C15H19FN2O3/c1-9(2)13-4-3-7-18(13)15(21)17-12-8-10(14(19)20)5-6-11(12)16/h5-6,8-9,13H,3-4,7H2,1-2H3,(H,17,21)(H,19,20). The van der Waals surface area contributed by atoms with Gasteiger partial charge in [0.1, 0.15) is 5.82 Å². The molecule has 1 heterocycles. The van der Waals surface area contributed by atoms with Gasteiger partial charge in [-0.1, -0.05) is 13.8 Å². The van der Waals surface area contributed by atoms with E-state index in [0.29, 0.717) is 12.5 Å². The zero-order valence-corrected chi connectivity index (χ0v) is 12.1. The van der Waals surface area contributed by atoms with Gasteiger partial charge in [-0.3, -0.25) is 0 Å². The predicted octanol–water partition coefficient (Wildman–Crippen LogP) is 3.18. The predicted molar refractivity (Wildman–Crippen MR) is 76.9 cm³/mol. The highest BCUT2D eigenvalue weighted by molar-refractivity contribution is 5.93. The number of nitrogens with zero attached hydrogens (tertiary/aromatic N) is 1. The number of anilines is 1. The van der Waals surface area contributed by atoms with Gasteiger partial charge in [-0.2, -0.15) is 0 Å². The molecule has 1 aliphatic heterocycles. The minimum Gasteiger partial charge on any atom is -0.478 e. The zero-order chi connectivity index (χ0) is 15.6. The summed E-state index contributed by atoms with van der Waals surface area (Å²) in [6, 6.07) is 3.10.